The minimum absolute atomic E-state index is 0.341. The number of anilines is 2. The van der Waals surface area contributed by atoms with Crippen molar-refractivity contribution < 1.29 is 4.79 Å². The number of nitrogens with zero attached hydrogens (tertiary/aromatic N) is 1. The lowest BCUT2D eigenvalue weighted by Crippen LogP contribution is -2.11. The van der Waals surface area contributed by atoms with Gasteiger partial charge in [0.2, 0.25) is 0 Å². The van der Waals surface area contributed by atoms with Crippen molar-refractivity contribution in [3.63, 3.8) is 0 Å². The molecule has 0 saturated carbocycles. The molecule has 9 heteroatoms. The standard InChI is InChI=1S/C26H15Cl4N3OS/c27-15-5-1-13(2-6-15)18-12-21(14-3-7-16(28)8-4-14)33-26-22(18)23(31)24(35-26)25(34)32-17-9-10-19(29)20(30)11-17/h1-12H,31H2,(H,32,34). The highest BCUT2D eigenvalue weighted by atomic mass is 35.5. The van der Waals surface area contributed by atoms with E-state index in [1.807, 2.05) is 54.6 Å². The van der Waals surface area contributed by atoms with Crippen molar-refractivity contribution in [1.82, 2.24) is 4.98 Å². The van der Waals surface area contributed by atoms with Crippen LogP contribution in [0.5, 0.6) is 0 Å². The predicted molar refractivity (Wildman–Crippen MR) is 149 cm³/mol. The molecule has 0 saturated heterocycles. The van der Waals surface area contributed by atoms with E-state index in [2.05, 4.69) is 5.32 Å². The zero-order chi connectivity index (χ0) is 24.7. The smallest absolute Gasteiger partial charge is 0.267 e. The maximum Gasteiger partial charge on any atom is 0.267 e. The van der Waals surface area contributed by atoms with E-state index in [1.165, 1.54) is 11.3 Å². The molecule has 0 fully saturated rings. The molecule has 0 aliphatic heterocycles. The Morgan fingerprint density at radius 2 is 1.43 bits per heavy atom. The number of halogens is 4. The first-order chi connectivity index (χ1) is 16.8. The zero-order valence-electron chi connectivity index (χ0n) is 17.8. The van der Waals surface area contributed by atoms with Gasteiger partial charge in [0.05, 0.1) is 21.4 Å². The van der Waals surface area contributed by atoms with Crippen LogP contribution in [0.3, 0.4) is 0 Å². The van der Waals surface area contributed by atoms with E-state index < -0.39 is 0 Å². The number of benzene rings is 3. The molecule has 3 N–H and O–H groups in total. The van der Waals surface area contributed by atoms with Crippen LogP contribution in [-0.4, -0.2) is 10.9 Å². The quantitative estimate of drug-likeness (QED) is 0.231. The third-order valence-corrected chi connectivity index (χ3v) is 7.72. The van der Waals surface area contributed by atoms with Gasteiger partial charge in [-0.15, -0.1) is 11.3 Å². The average Bonchev–Trinajstić information content (AvgIpc) is 3.18. The third kappa shape index (κ3) is 4.83. The highest BCUT2D eigenvalue weighted by Crippen LogP contribution is 2.42. The lowest BCUT2D eigenvalue weighted by atomic mass is 9.99. The molecule has 0 bridgehead atoms. The summed E-state index contributed by atoms with van der Waals surface area (Å²) in [4.78, 5) is 19.0. The van der Waals surface area contributed by atoms with E-state index in [1.54, 1.807) is 18.2 Å². The summed E-state index contributed by atoms with van der Waals surface area (Å²) >= 11 is 25.5. The van der Waals surface area contributed by atoms with Crippen LogP contribution in [0.25, 0.3) is 32.6 Å². The van der Waals surface area contributed by atoms with Gasteiger partial charge in [-0.25, -0.2) is 4.98 Å². The number of carbonyl (C=O) groups is 1. The summed E-state index contributed by atoms with van der Waals surface area (Å²) in [6.07, 6.45) is 0. The second-order valence-corrected chi connectivity index (χ2v) is 10.4. The summed E-state index contributed by atoms with van der Waals surface area (Å²) in [6, 6.07) is 21.7. The fraction of sp³-hybridized carbons (Fsp3) is 0. The summed E-state index contributed by atoms with van der Waals surface area (Å²) in [5.41, 5.74) is 10.8. The van der Waals surface area contributed by atoms with Crippen molar-refractivity contribution in [1.29, 1.82) is 0 Å². The van der Waals surface area contributed by atoms with Gasteiger partial charge in [0.1, 0.15) is 9.71 Å². The third-order valence-electron chi connectivity index (χ3n) is 5.38. The Balaban J connectivity index is 1.65. The van der Waals surface area contributed by atoms with Gasteiger partial charge < -0.3 is 11.1 Å². The molecule has 174 valence electrons. The molecule has 3 aromatic carbocycles. The van der Waals surface area contributed by atoms with Crippen LogP contribution in [0.15, 0.2) is 72.8 Å². The summed E-state index contributed by atoms with van der Waals surface area (Å²) in [5, 5.41) is 5.54. The highest BCUT2D eigenvalue weighted by Gasteiger charge is 2.22. The molecule has 0 spiro atoms. The molecular weight excluding hydrogens is 544 g/mol. The second kappa shape index (κ2) is 9.69. The Bertz CT molecular complexity index is 1580. The number of nitrogens with two attached hydrogens (primary N) is 1. The number of fused-ring (bicyclic) bond motifs is 1. The molecular formula is C26H15Cl4N3OS. The van der Waals surface area contributed by atoms with Crippen LogP contribution in [0.2, 0.25) is 20.1 Å². The van der Waals surface area contributed by atoms with E-state index in [-0.39, 0.29) is 5.91 Å². The van der Waals surface area contributed by atoms with Crippen molar-refractivity contribution in [2.24, 2.45) is 0 Å². The van der Waals surface area contributed by atoms with Crippen LogP contribution in [0, 0.1) is 0 Å². The maximum atomic E-state index is 13.2. The Hall–Kier alpha value is -2.80. The van der Waals surface area contributed by atoms with Crippen LogP contribution in [-0.2, 0) is 0 Å². The molecule has 0 radical (unpaired) electrons. The van der Waals surface area contributed by atoms with E-state index in [0.29, 0.717) is 46.6 Å². The van der Waals surface area contributed by atoms with Crippen LogP contribution < -0.4 is 11.1 Å². The number of nitrogens with one attached hydrogen (secondary N) is 1. The Morgan fingerprint density at radius 1 is 0.800 bits per heavy atom. The van der Waals surface area contributed by atoms with Gasteiger partial charge in [-0.3, -0.25) is 4.79 Å². The van der Waals surface area contributed by atoms with Crippen molar-refractivity contribution >= 4 is 85.2 Å². The molecule has 2 aromatic heterocycles. The van der Waals surface area contributed by atoms with Gasteiger partial charge in [-0.05, 0) is 59.7 Å². The summed E-state index contributed by atoms with van der Waals surface area (Å²) in [6.45, 7) is 0. The largest absolute Gasteiger partial charge is 0.397 e. The van der Waals surface area contributed by atoms with E-state index in [9.17, 15) is 4.79 Å². The number of rotatable bonds is 4. The lowest BCUT2D eigenvalue weighted by Gasteiger charge is -2.09. The number of pyridine rings is 1. The number of hydrogen-bond donors (Lipinski definition) is 2. The normalized spacial score (nSPS) is 11.1. The summed E-state index contributed by atoms with van der Waals surface area (Å²) in [5.74, 6) is -0.362. The highest BCUT2D eigenvalue weighted by molar-refractivity contribution is 7.21. The Morgan fingerprint density at radius 3 is 2.06 bits per heavy atom. The van der Waals surface area contributed by atoms with Crippen LogP contribution in [0.1, 0.15) is 9.67 Å². The van der Waals surface area contributed by atoms with Crippen molar-refractivity contribution in [2.45, 2.75) is 0 Å². The minimum atomic E-state index is -0.362. The predicted octanol–water partition coefficient (Wildman–Crippen LogP) is 9.08. The van der Waals surface area contributed by atoms with E-state index in [0.717, 1.165) is 22.4 Å². The van der Waals surface area contributed by atoms with E-state index >= 15 is 0 Å². The fourth-order valence-corrected chi connectivity index (χ4v) is 5.24. The summed E-state index contributed by atoms with van der Waals surface area (Å²) < 4.78 is 0. The van der Waals surface area contributed by atoms with Crippen LogP contribution in [0.4, 0.5) is 11.4 Å². The number of aromatic nitrogens is 1. The van der Waals surface area contributed by atoms with Crippen molar-refractivity contribution in [2.75, 3.05) is 11.1 Å². The number of hydrogen-bond acceptors (Lipinski definition) is 4. The molecule has 5 aromatic rings. The van der Waals surface area contributed by atoms with Crippen molar-refractivity contribution in [3.05, 3.63) is 97.8 Å². The average molecular weight is 559 g/mol. The first-order valence-corrected chi connectivity index (χ1v) is 12.6. The number of carbonyl (C=O) groups excluding carboxylic acids is 1. The topological polar surface area (TPSA) is 68.0 Å². The monoisotopic (exact) mass is 557 g/mol. The molecule has 2 heterocycles. The van der Waals surface area contributed by atoms with Gasteiger partial charge in [-0.1, -0.05) is 70.7 Å². The van der Waals surface area contributed by atoms with E-state index in [4.69, 9.17) is 57.1 Å². The molecule has 0 aliphatic rings. The molecule has 4 nitrogen and oxygen atoms in total. The Labute approximate surface area is 225 Å². The maximum absolute atomic E-state index is 13.2. The molecule has 5 rings (SSSR count). The van der Waals surface area contributed by atoms with Gasteiger partial charge in [0.15, 0.2) is 0 Å². The summed E-state index contributed by atoms with van der Waals surface area (Å²) in [7, 11) is 0. The SMILES string of the molecule is Nc1c(C(=O)Nc2ccc(Cl)c(Cl)c2)sc2nc(-c3ccc(Cl)cc3)cc(-c3ccc(Cl)cc3)c12. The number of nitrogen functional groups attached to an aromatic ring is 1. The molecule has 0 atom stereocenters. The van der Waals surface area contributed by atoms with Crippen molar-refractivity contribution in [3.8, 4) is 22.4 Å². The van der Waals surface area contributed by atoms with Gasteiger partial charge in [0, 0.05) is 26.7 Å². The molecule has 35 heavy (non-hydrogen) atoms. The van der Waals surface area contributed by atoms with Gasteiger partial charge in [-0.2, -0.15) is 0 Å². The van der Waals surface area contributed by atoms with Gasteiger partial charge >= 0.3 is 0 Å². The lowest BCUT2D eigenvalue weighted by molar-refractivity contribution is 0.103. The Kier molecular flexibility index (Phi) is 6.62. The molecule has 0 aliphatic carbocycles. The van der Waals surface area contributed by atoms with Crippen LogP contribution >= 0.6 is 57.7 Å². The van der Waals surface area contributed by atoms with Gasteiger partial charge in [0.25, 0.3) is 5.91 Å². The zero-order valence-corrected chi connectivity index (χ0v) is 21.6. The number of amides is 1. The number of thiophene rings is 1. The molecule has 1 amide bonds. The molecule has 0 unspecified atom stereocenters. The second-order valence-electron chi connectivity index (χ2n) is 7.68. The minimum Gasteiger partial charge on any atom is -0.397 e. The first-order valence-electron chi connectivity index (χ1n) is 10.3. The fourth-order valence-electron chi connectivity index (χ4n) is 3.68. The first kappa shape index (κ1) is 23.9.